The van der Waals surface area contributed by atoms with E-state index in [2.05, 4.69) is 16.3 Å². The predicted octanol–water partition coefficient (Wildman–Crippen LogP) is 2.40. The zero-order chi connectivity index (χ0) is 14.0. The van der Waals surface area contributed by atoms with Crippen LogP contribution in [0.25, 0.3) is 0 Å². The molecule has 0 atom stereocenters. The number of aryl methyl sites for hydroxylation is 1. The number of carbonyl (C=O) groups excluding carboxylic acids is 1. The van der Waals surface area contributed by atoms with Crippen LogP contribution in [0.4, 0.5) is 0 Å². The summed E-state index contributed by atoms with van der Waals surface area (Å²) in [6, 6.07) is 2.10. The molecule has 1 aliphatic rings. The molecular formula is C14H23N3O2. The molecule has 0 amide bonds. The van der Waals surface area contributed by atoms with Crippen LogP contribution in [0.5, 0.6) is 0 Å². The van der Waals surface area contributed by atoms with Crippen LogP contribution in [-0.2, 0) is 9.63 Å². The lowest BCUT2D eigenvalue weighted by Gasteiger charge is -2.31. The Labute approximate surface area is 114 Å². The van der Waals surface area contributed by atoms with Gasteiger partial charge >= 0.3 is 5.97 Å². The van der Waals surface area contributed by atoms with Gasteiger partial charge in [0.05, 0.1) is 11.1 Å². The third-order valence-corrected chi connectivity index (χ3v) is 3.44. The van der Waals surface area contributed by atoms with Gasteiger partial charge in [-0.3, -0.25) is 5.10 Å². The number of hydrogen-bond donors (Lipinski definition) is 1. The maximum Gasteiger partial charge on any atom is 0.330 e. The van der Waals surface area contributed by atoms with Crippen molar-refractivity contribution in [3.63, 3.8) is 0 Å². The Balaban J connectivity index is 1.84. The predicted molar refractivity (Wildman–Crippen MR) is 72.4 cm³/mol. The summed E-state index contributed by atoms with van der Waals surface area (Å²) in [6.07, 6.45) is 1.97. The van der Waals surface area contributed by atoms with Crippen molar-refractivity contribution in [3.8, 4) is 0 Å². The lowest BCUT2D eigenvalue weighted by Crippen LogP contribution is -2.38. The average Bonchev–Trinajstić information content (AvgIpc) is 2.75. The number of rotatable bonds is 2. The number of nitrogens with one attached hydrogen (secondary N) is 1. The Morgan fingerprint density at radius 3 is 2.53 bits per heavy atom. The summed E-state index contributed by atoms with van der Waals surface area (Å²) >= 11 is 0. The zero-order valence-electron chi connectivity index (χ0n) is 12.2. The van der Waals surface area contributed by atoms with Crippen LogP contribution in [-0.4, -0.2) is 34.3 Å². The van der Waals surface area contributed by atoms with Crippen molar-refractivity contribution in [2.75, 3.05) is 13.1 Å². The molecule has 5 nitrogen and oxygen atoms in total. The fourth-order valence-electron chi connectivity index (χ4n) is 2.16. The first kappa shape index (κ1) is 14.1. The molecule has 0 unspecified atom stereocenters. The normalized spacial score (nSPS) is 18.5. The largest absolute Gasteiger partial charge is 0.367 e. The van der Waals surface area contributed by atoms with Crippen molar-refractivity contribution >= 4 is 5.97 Å². The first-order chi connectivity index (χ1) is 8.86. The minimum atomic E-state index is -0.447. The van der Waals surface area contributed by atoms with Gasteiger partial charge in [0, 0.05) is 24.7 Å². The van der Waals surface area contributed by atoms with Crippen molar-refractivity contribution in [1.29, 1.82) is 0 Å². The summed E-state index contributed by atoms with van der Waals surface area (Å²) in [4.78, 5) is 17.2. The summed E-state index contributed by atoms with van der Waals surface area (Å²) in [5.41, 5.74) is 1.77. The topological polar surface area (TPSA) is 58.2 Å². The second-order valence-electron chi connectivity index (χ2n) is 6.30. The van der Waals surface area contributed by atoms with Gasteiger partial charge < -0.3 is 4.84 Å². The number of carbonyl (C=O) groups is 1. The Morgan fingerprint density at radius 2 is 2.05 bits per heavy atom. The fraction of sp³-hybridized carbons (Fsp3) is 0.714. The van der Waals surface area contributed by atoms with Gasteiger partial charge in [-0.05, 0) is 46.6 Å². The number of hydrogen-bond acceptors (Lipinski definition) is 4. The van der Waals surface area contributed by atoms with Gasteiger partial charge in [-0.2, -0.15) is 5.10 Å². The van der Waals surface area contributed by atoms with E-state index in [9.17, 15) is 4.79 Å². The Hall–Kier alpha value is -1.36. The highest BCUT2D eigenvalue weighted by molar-refractivity contribution is 5.75. The Kier molecular flexibility index (Phi) is 3.94. The maximum atomic E-state index is 11.8. The third kappa shape index (κ3) is 3.56. The molecule has 0 bridgehead atoms. The highest BCUT2D eigenvalue weighted by Crippen LogP contribution is 2.27. The Morgan fingerprint density at radius 1 is 1.42 bits per heavy atom. The highest BCUT2D eigenvalue weighted by Gasteiger charge is 2.29. The van der Waals surface area contributed by atoms with E-state index in [1.807, 2.05) is 27.7 Å². The lowest BCUT2D eigenvalue weighted by molar-refractivity contribution is -0.204. The summed E-state index contributed by atoms with van der Waals surface area (Å²) < 4.78 is 0. The highest BCUT2D eigenvalue weighted by atomic mass is 16.7. The summed E-state index contributed by atoms with van der Waals surface area (Å²) in [7, 11) is 0. The van der Waals surface area contributed by atoms with Gasteiger partial charge in [0.2, 0.25) is 0 Å². The van der Waals surface area contributed by atoms with Gasteiger partial charge in [-0.1, -0.05) is 0 Å². The van der Waals surface area contributed by atoms with Crippen molar-refractivity contribution in [3.05, 3.63) is 17.5 Å². The number of nitrogens with zero attached hydrogens (tertiary/aromatic N) is 2. The molecule has 5 heteroatoms. The molecule has 0 aliphatic carbocycles. The maximum absolute atomic E-state index is 11.8. The monoisotopic (exact) mass is 265 g/mol. The number of hydroxylamine groups is 2. The minimum Gasteiger partial charge on any atom is -0.367 e. The molecule has 1 aliphatic heterocycles. The van der Waals surface area contributed by atoms with Crippen molar-refractivity contribution in [1.82, 2.24) is 15.3 Å². The van der Waals surface area contributed by atoms with Gasteiger partial charge in [0.25, 0.3) is 0 Å². The first-order valence-electron chi connectivity index (χ1n) is 6.85. The van der Waals surface area contributed by atoms with Crippen molar-refractivity contribution in [2.45, 2.75) is 46.5 Å². The molecule has 1 fully saturated rings. The van der Waals surface area contributed by atoms with Crippen LogP contribution in [0, 0.1) is 12.3 Å². The number of piperidine rings is 1. The van der Waals surface area contributed by atoms with Gasteiger partial charge in [-0.25, -0.2) is 4.79 Å². The smallest absolute Gasteiger partial charge is 0.330 e. The van der Waals surface area contributed by atoms with E-state index in [4.69, 9.17) is 4.84 Å². The van der Waals surface area contributed by atoms with Crippen molar-refractivity contribution < 1.29 is 9.63 Å². The van der Waals surface area contributed by atoms with E-state index < -0.39 is 5.41 Å². The Bertz CT molecular complexity index is 440. The molecule has 1 aromatic heterocycles. The van der Waals surface area contributed by atoms with Crippen LogP contribution in [0.1, 0.15) is 50.9 Å². The van der Waals surface area contributed by atoms with Crippen LogP contribution in [0.15, 0.2) is 6.07 Å². The number of aromatic nitrogens is 2. The minimum absolute atomic E-state index is 0.164. The van der Waals surface area contributed by atoms with Crippen LogP contribution < -0.4 is 0 Å². The van der Waals surface area contributed by atoms with Crippen LogP contribution in [0.2, 0.25) is 0 Å². The molecule has 0 aromatic carbocycles. The van der Waals surface area contributed by atoms with E-state index in [-0.39, 0.29) is 5.97 Å². The second-order valence-corrected chi connectivity index (χ2v) is 6.30. The van der Waals surface area contributed by atoms with Gasteiger partial charge in [0.1, 0.15) is 0 Å². The molecule has 106 valence electrons. The molecule has 2 heterocycles. The average molecular weight is 265 g/mol. The third-order valence-electron chi connectivity index (χ3n) is 3.44. The van der Waals surface area contributed by atoms with E-state index in [0.717, 1.165) is 31.6 Å². The molecule has 19 heavy (non-hydrogen) atoms. The van der Waals surface area contributed by atoms with Crippen LogP contribution in [0.3, 0.4) is 0 Å². The molecule has 1 aromatic rings. The SMILES string of the molecule is Cc1cc(C2CCN(OC(=O)C(C)(C)C)CC2)[nH]n1. The quantitative estimate of drug-likeness (QED) is 0.892. The zero-order valence-corrected chi connectivity index (χ0v) is 12.2. The molecule has 2 rings (SSSR count). The van der Waals surface area contributed by atoms with E-state index in [1.54, 1.807) is 5.06 Å². The van der Waals surface area contributed by atoms with Gasteiger partial charge in [0.15, 0.2) is 0 Å². The van der Waals surface area contributed by atoms with E-state index >= 15 is 0 Å². The molecule has 0 spiro atoms. The summed E-state index contributed by atoms with van der Waals surface area (Å²) in [6.45, 7) is 9.16. The molecular weight excluding hydrogens is 242 g/mol. The summed E-state index contributed by atoms with van der Waals surface area (Å²) in [5.74, 6) is 0.328. The van der Waals surface area contributed by atoms with E-state index in [0.29, 0.717) is 5.92 Å². The van der Waals surface area contributed by atoms with E-state index in [1.165, 1.54) is 5.69 Å². The summed E-state index contributed by atoms with van der Waals surface area (Å²) in [5, 5.41) is 9.03. The molecule has 1 saturated heterocycles. The fourth-order valence-corrected chi connectivity index (χ4v) is 2.16. The van der Waals surface area contributed by atoms with Crippen LogP contribution >= 0.6 is 0 Å². The first-order valence-corrected chi connectivity index (χ1v) is 6.85. The second kappa shape index (κ2) is 5.33. The number of H-pyrrole nitrogens is 1. The number of aromatic amines is 1. The molecule has 0 radical (unpaired) electrons. The lowest BCUT2D eigenvalue weighted by atomic mass is 9.94. The molecule has 0 saturated carbocycles. The molecule has 1 N–H and O–H groups in total. The van der Waals surface area contributed by atoms with Gasteiger partial charge in [-0.15, -0.1) is 5.06 Å². The van der Waals surface area contributed by atoms with Crippen molar-refractivity contribution in [2.24, 2.45) is 5.41 Å². The standard InChI is InChI=1S/C14H23N3O2/c1-10-9-12(16-15-10)11-5-7-17(8-6-11)19-13(18)14(2,3)4/h9,11H,5-8H2,1-4H3,(H,15,16).